The Hall–Kier alpha value is -0.720. The molecule has 1 unspecified atom stereocenters. The van der Waals surface area contributed by atoms with Gasteiger partial charge in [-0.2, -0.15) is 0 Å². The number of aliphatic hydroxyl groups is 1. The number of halogens is 2. The number of ether oxygens (including phenoxy) is 1. The molecule has 0 aliphatic rings. The molecule has 3 nitrogen and oxygen atoms in total. The number of hydrogen-bond donors (Lipinski definition) is 1. The first-order valence-corrected chi connectivity index (χ1v) is 6.24. The maximum atomic E-state index is 13.6. The normalized spacial score (nSPS) is 13.0. The van der Waals surface area contributed by atoms with Crippen LogP contribution in [0.1, 0.15) is 6.92 Å². The second-order valence-electron chi connectivity index (χ2n) is 3.33. The maximum Gasteiger partial charge on any atom is 0.167 e. The smallest absolute Gasteiger partial charge is 0.167 e. The van der Waals surface area contributed by atoms with E-state index in [0.29, 0.717) is 9.43 Å². The Labute approximate surface area is 104 Å². The monoisotopic (exact) mass is 305 g/mol. The topological polar surface area (TPSA) is 42.4 Å². The summed E-state index contributed by atoms with van der Waals surface area (Å²) in [5.41, 5.74) is 0.596. The Morgan fingerprint density at radius 1 is 1.62 bits per heavy atom. The van der Waals surface area contributed by atoms with Crippen LogP contribution in [-0.2, 0) is 0 Å². The van der Waals surface area contributed by atoms with Gasteiger partial charge in [-0.3, -0.25) is 0 Å². The fourth-order valence-corrected chi connectivity index (χ4v) is 2.66. The van der Waals surface area contributed by atoms with E-state index >= 15 is 0 Å². The van der Waals surface area contributed by atoms with Crippen molar-refractivity contribution in [2.24, 2.45) is 0 Å². The molecule has 0 aliphatic heterocycles. The summed E-state index contributed by atoms with van der Waals surface area (Å²) < 4.78 is 20.4. The first-order chi connectivity index (χ1) is 7.60. The Balaban J connectivity index is 2.41. The van der Waals surface area contributed by atoms with Crippen LogP contribution < -0.4 is 4.74 Å². The van der Waals surface area contributed by atoms with E-state index in [1.54, 1.807) is 13.0 Å². The van der Waals surface area contributed by atoms with Gasteiger partial charge < -0.3 is 9.84 Å². The molecule has 2 rings (SSSR count). The number of nitrogens with zero attached hydrogens (tertiary/aromatic N) is 1. The molecule has 1 N–H and O–H groups in total. The number of hydrogen-bond acceptors (Lipinski definition) is 4. The third-order valence-corrected chi connectivity index (χ3v) is 3.47. The number of thiazole rings is 1. The van der Waals surface area contributed by atoms with Crippen molar-refractivity contribution < 1.29 is 14.2 Å². The summed E-state index contributed by atoms with van der Waals surface area (Å²) in [4.78, 5) is 4.10. The molecule has 1 aromatic heterocycles. The Morgan fingerprint density at radius 3 is 3.06 bits per heavy atom. The van der Waals surface area contributed by atoms with Gasteiger partial charge in [0.2, 0.25) is 0 Å². The lowest BCUT2D eigenvalue weighted by Gasteiger charge is -2.12. The van der Waals surface area contributed by atoms with Crippen LogP contribution in [-0.4, -0.2) is 22.8 Å². The molecule has 16 heavy (non-hydrogen) atoms. The maximum absolute atomic E-state index is 13.6. The van der Waals surface area contributed by atoms with Crippen LogP contribution in [0.15, 0.2) is 16.0 Å². The second-order valence-corrected chi connectivity index (χ2v) is 5.63. The average Bonchev–Trinajstić information content (AvgIpc) is 2.58. The molecule has 1 atom stereocenters. The van der Waals surface area contributed by atoms with Gasteiger partial charge in [0.1, 0.15) is 6.10 Å². The zero-order valence-electron chi connectivity index (χ0n) is 8.41. The average molecular weight is 306 g/mol. The van der Waals surface area contributed by atoms with Crippen LogP contribution >= 0.6 is 27.3 Å². The molecule has 6 heteroatoms. The van der Waals surface area contributed by atoms with Crippen molar-refractivity contribution in [3.63, 3.8) is 0 Å². The molecule has 0 radical (unpaired) electrons. The van der Waals surface area contributed by atoms with E-state index in [4.69, 9.17) is 9.84 Å². The van der Waals surface area contributed by atoms with Crippen molar-refractivity contribution in [2.45, 2.75) is 13.0 Å². The molecule has 86 valence electrons. The zero-order chi connectivity index (χ0) is 11.7. The van der Waals surface area contributed by atoms with Crippen molar-refractivity contribution in [3.8, 4) is 5.75 Å². The van der Waals surface area contributed by atoms with E-state index < -0.39 is 11.9 Å². The lowest BCUT2D eigenvalue weighted by atomic mass is 10.3. The van der Waals surface area contributed by atoms with Crippen LogP contribution in [0.5, 0.6) is 5.75 Å². The van der Waals surface area contributed by atoms with Crippen LogP contribution in [0.3, 0.4) is 0 Å². The van der Waals surface area contributed by atoms with Gasteiger partial charge in [-0.05, 0) is 22.9 Å². The highest BCUT2D eigenvalue weighted by Crippen LogP contribution is 2.31. The van der Waals surface area contributed by atoms with Gasteiger partial charge in [-0.25, -0.2) is 9.37 Å². The third-order valence-electron chi connectivity index (χ3n) is 2.00. The highest BCUT2D eigenvalue weighted by molar-refractivity contribution is 9.11. The summed E-state index contributed by atoms with van der Waals surface area (Å²) >= 11 is 4.65. The van der Waals surface area contributed by atoms with E-state index in [0.717, 1.165) is 4.70 Å². The van der Waals surface area contributed by atoms with Crippen LogP contribution in [0, 0.1) is 5.82 Å². The summed E-state index contributed by atoms with van der Waals surface area (Å²) in [5.74, 6) is -0.323. The fraction of sp³-hybridized carbons (Fsp3) is 0.300. The van der Waals surface area contributed by atoms with Gasteiger partial charge in [-0.1, -0.05) is 0 Å². The van der Waals surface area contributed by atoms with E-state index in [1.165, 1.54) is 17.4 Å². The van der Waals surface area contributed by atoms with Gasteiger partial charge in [0.15, 0.2) is 15.5 Å². The highest BCUT2D eigenvalue weighted by atomic mass is 79.9. The van der Waals surface area contributed by atoms with Crippen molar-refractivity contribution in [1.82, 2.24) is 4.98 Å². The van der Waals surface area contributed by atoms with Crippen LogP contribution in [0.25, 0.3) is 10.2 Å². The lowest BCUT2D eigenvalue weighted by molar-refractivity contribution is 0.125. The SMILES string of the molecule is CC(CO)Oc1cc2sc(Br)nc2cc1F. The number of benzene rings is 1. The third kappa shape index (κ3) is 2.34. The summed E-state index contributed by atoms with van der Waals surface area (Å²) in [5, 5.41) is 8.84. The molecule has 1 aromatic carbocycles. The largest absolute Gasteiger partial charge is 0.485 e. The Kier molecular flexibility index (Phi) is 3.41. The van der Waals surface area contributed by atoms with Gasteiger partial charge in [-0.15, -0.1) is 11.3 Å². The van der Waals surface area contributed by atoms with Crippen molar-refractivity contribution >= 4 is 37.5 Å². The molecule has 0 spiro atoms. The van der Waals surface area contributed by atoms with E-state index in [1.807, 2.05) is 0 Å². The summed E-state index contributed by atoms with van der Waals surface area (Å²) in [6, 6.07) is 2.93. The van der Waals surface area contributed by atoms with Crippen LogP contribution in [0.2, 0.25) is 0 Å². The fourth-order valence-electron chi connectivity index (χ4n) is 1.25. The lowest BCUT2D eigenvalue weighted by Crippen LogP contribution is -2.16. The molecule has 1 heterocycles. The van der Waals surface area contributed by atoms with Gasteiger partial charge in [0.25, 0.3) is 0 Å². The number of rotatable bonds is 3. The second kappa shape index (κ2) is 4.65. The van der Waals surface area contributed by atoms with Crippen molar-refractivity contribution in [3.05, 3.63) is 21.9 Å². The predicted octanol–water partition coefficient (Wildman–Crippen LogP) is 2.96. The standard InChI is InChI=1S/C10H9BrFNO2S/c1-5(4-14)15-8-3-9-7(2-6(8)12)13-10(11)16-9/h2-3,5,14H,4H2,1H3. The van der Waals surface area contributed by atoms with Gasteiger partial charge in [0.05, 0.1) is 16.8 Å². The molecule has 0 amide bonds. The first-order valence-electron chi connectivity index (χ1n) is 4.63. The molecule has 0 saturated carbocycles. The minimum atomic E-state index is -0.467. The number of aromatic nitrogens is 1. The minimum Gasteiger partial charge on any atom is -0.485 e. The summed E-state index contributed by atoms with van der Waals surface area (Å²) in [6.45, 7) is 1.52. The van der Waals surface area contributed by atoms with Gasteiger partial charge >= 0.3 is 0 Å². The molecule has 0 bridgehead atoms. The van der Waals surface area contributed by atoms with Gasteiger partial charge in [0, 0.05) is 12.1 Å². The molecular weight excluding hydrogens is 297 g/mol. The Bertz CT molecular complexity index is 517. The predicted molar refractivity (Wildman–Crippen MR) is 64.5 cm³/mol. The molecular formula is C10H9BrFNO2S. The summed E-state index contributed by atoms with van der Waals surface area (Å²) in [7, 11) is 0. The first kappa shape index (κ1) is 11.8. The van der Waals surface area contributed by atoms with E-state index in [9.17, 15) is 4.39 Å². The quantitative estimate of drug-likeness (QED) is 0.948. The number of fused-ring (bicyclic) bond motifs is 1. The minimum absolute atomic E-state index is 0.144. The van der Waals surface area contributed by atoms with Crippen molar-refractivity contribution in [2.75, 3.05) is 6.61 Å². The Morgan fingerprint density at radius 2 is 2.38 bits per heavy atom. The molecule has 2 aromatic rings. The van der Waals surface area contributed by atoms with E-state index in [-0.39, 0.29) is 12.4 Å². The molecule has 0 fully saturated rings. The zero-order valence-corrected chi connectivity index (χ0v) is 10.8. The van der Waals surface area contributed by atoms with Crippen molar-refractivity contribution in [1.29, 1.82) is 0 Å². The molecule has 0 saturated heterocycles. The summed E-state index contributed by atoms with van der Waals surface area (Å²) in [6.07, 6.45) is -0.427. The highest BCUT2D eigenvalue weighted by Gasteiger charge is 2.11. The molecule has 0 aliphatic carbocycles. The van der Waals surface area contributed by atoms with E-state index in [2.05, 4.69) is 20.9 Å². The number of aliphatic hydroxyl groups excluding tert-OH is 1. The van der Waals surface area contributed by atoms with Crippen LogP contribution in [0.4, 0.5) is 4.39 Å².